The highest BCUT2D eigenvalue weighted by molar-refractivity contribution is 5.94. The number of benzene rings is 1. The van der Waals surface area contributed by atoms with Crippen molar-refractivity contribution < 1.29 is 22.8 Å². The van der Waals surface area contributed by atoms with Crippen LogP contribution in [0.15, 0.2) is 43.0 Å². The normalized spacial score (nSPS) is 16.0. The lowest BCUT2D eigenvalue weighted by atomic mass is 9.93. The van der Waals surface area contributed by atoms with E-state index in [0.29, 0.717) is 6.42 Å². The summed E-state index contributed by atoms with van der Waals surface area (Å²) in [6, 6.07) is 6.41. The first-order valence-corrected chi connectivity index (χ1v) is 14.3. The van der Waals surface area contributed by atoms with Crippen molar-refractivity contribution in [1.82, 2.24) is 20.4 Å². The van der Waals surface area contributed by atoms with Crippen molar-refractivity contribution in [3.8, 4) is 11.3 Å². The Labute approximate surface area is 235 Å². The van der Waals surface area contributed by atoms with Crippen LogP contribution in [0, 0.1) is 0 Å². The number of nitrogens with two attached hydrogens (primary N) is 1. The molecular formula is C30H44F3N5O2. The molecule has 2 amide bonds. The zero-order chi connectivity index (χ0) is 29.7. The van der Waals surface area contributed by atoms with E-state index < -0.39 is 23.7 Å². The van der Waals surface area contributed by atoms with E-state index in [4.69, 9.17) is 5.73 Å². The number of nitrogens with one attached hydrogen (secondary N) is 2. The second-order valence-corrected chi connectivity index (χ2v) is 9.90. The molecule has 1 heterocycles. The van der Waals surface area contributed by atoms with Crippen LogP contribution in [0.3, 0.4) is 0 Å². The van der Waals surface area contributed by atoms with E-state index >= 15 is 0 Å². The number of hydrogen-bond acceptors (Lipinski definition) is 4. The fourth-order valence-electron chi connectivity index (χ4n) is 4.84. The summed E-state index contributed by atoms with van der Waals surface area (Å²) >= 11 is 0. The van der Waals surface area contributed by atoms with Crippen LogP contribution in [0.2, 0.25) is 0 Å². The number of hydrogen-bond donors (Lipinski definition) is 3. The molecule has 2 aromatic rings. The van der Waals surface area contributed by atoms with Gasteiger partial charge in [0.2, 0.25) is 5.91 Å². The molecule has 2 aliphatic carbocycles. The van der Waals surface area contributed by atoms with Gasteiger partial charge in [0, 0.05) is 24.1 Å². The predicted molar refractivity (Wildman–Crippen MR) is 153 cm³/mol. The maximum absolute atomic E-state index is 13.7. The number of carbonyl (C=O) groups excluding carboxylic acids is 2. The monoisotopic (exact) mass is 563 g/mol. The summed E-state index contributed by atoms with van der Waals surface area (Å²) in [5.74, 6) is -0.674. The summed E-state index contributed by atoms with van der Waals surface area (Å²) in [4.78, 5) is 25.5. The molecule has 4 rings (SSSR count). The number of amides is 2. The van der Waals surface area contributed by atoms with Gasteiger partial charge in [-0.05, 0) is 64.1 Å². The zero-order valence-corrected chi connectivity index (χ0v) is 23.9. The van der Waals surface area contributed by atoms with Crippen molar-refractivity contribution >= 4 is 11.8 Å². The van der Waals surface area contributed by atoms with E-state index in [2.05, 4.69) is 22.3 Å². The Kier molecular flexibility index (Phi) is 13.4. The van der Waals surface area contributed by atoms with Gasteiger partial charge in [-0.15, -0.1) is 6.58 Å². The Morgan fingerprint density at radius 3 is 2.33 bits per heavy atom. The highest BCUT2D eigenvalue weighted by Gasteiger charge is 2.35. The molecule has 2 fully saturated rings. The standard InChI is InChI=1S/C25H32F3N5O2.C3H6.C2H6/c26-25(27,28)20-11-4-3-10-19(20)22-15-21(32-33(22)18-8-1-2-9-18)24(35)31-17(12-13-29)14-23(34)30-16-6-5-7-16;1-3-2;1-2/h3-4,10-11,15-18H,1-2,5-9,12-14,29H2,(H,30,34)(H,31,35);3H,1H2,2H3;1-2H3. The molecule has 7 nitrogen and oxygen atoms in total. The van der Waals surface area contributed by atoms with Gasteiger partial charge in [0.25, 0.3) is 5.91 Å². The third-order valence-electron chi connectivity index (χ3n) is 6.90. The minimum absolute atomic E-state index is 0.00293. The Balaban J connectivity index is 0.00000105. The molecule has 0 spiro atoms. The van der Waals surface area contributed by atoms with Crippen molar-refractivity contribution in [2.75, 3.05) is 6.54 Å². The van der Waals surface area contributed by atoms with Crippen LogP contribution in [0.5, 0.6) is 0 Å². The molecule has 222 valence electrons. The van der Waals surface area contributed by atoms with Gasteiger partial charge in [-0.2, -0.15) is 18.3 Å². The van der Waals surface area contributed by atoms with E-state index in [1.807, 2.05) is 20.8 Å². The Bertz CT molecular complexity index is 1090. The zero-order valence-electron chi connectivity index (χ0n) is 23.9. The van der Waals surface area contributed by atoms with Crippen LogP contribution >= 0.6 is 0 Å². The lowest BCUT2D eigenvalue weighted by Crippen LogP contribution is -2.44. The number of rotatable bonds is 9. The highest BCUT2D eigenvalue weighted by atomic mass is 19.4. The number of allylic oxidation sites excluding steroid dienone is 1. The summed E-state index contributed by atoms with van der Waals surface area (Å²) in [6.45, 7) is 9.53. The lowest BCUT2D eigenvalue weighted by Gasteiger charge is -2.27. The van der Waals surface area contributed by atoms with Gasteiger partial charge in [-0.25, -0.2) is 0 Å². The molecular weight excluding hydrogens is 519 g/mol. The summed E-state index contributed by atoms with van der Waals surface area (Å²) in [6.07, 6.45) is 4.22. The molecule has 1 unspecified atom stereocenters. The summed E-state index contributed by atoms with van der Waals surface area (Å²) in [5, 5.41) is 10.2. The fraction of sp³-hybridized carbons (Fsp3) is 0.567. The molecule has 2 saturated carbocycles. The Morgan fingerprint density at radius 2 is 1.77 bits per heavy atom. The first-order chi connectivity index (χ1) is 19.2. The molecule has 2 aliphatic rings. The average molecular weight is 564 g/mol. The molecule has 0 radical (unpaired) electrons. The third kappa shape index (κ3) is 9.21. The number of halogens is 3. The Hall–Kier alpha value is -3.14. The predicted octanol–water partition coefficient (Wildman–Crippen LogP) is 6.41. The van der Waals surface area contributed by atoms with Gasteiger partial charge in [0.05, 0.1) is 17.3 Å². The van der Waals surface area contributed by atoms with Crippen LogP contribution in [-0.4, -0.2) is 40.2 Å². The van der Waals surface area contributed by atoms with Crippen LogP contribution in [0.1, 0.15) is 101 Å². The second-order valence-electron chi connectivity index (χ2n) is 9.90. The van der Waals surface area contributed by atoms with E-state index in [1.165, 1.54) is 18.2 Å². The molecule has 0 bridgehead atoms. The van der Waals surface area contributed by atoms with Crippen LogP contribution in [0.4, 0.5) is 13.2 Å². The number of alkyl halides is 3. The minimum atomic E-state index is -4.54. The number of aromatic nitrogens is 2. The lowest BCUT2D eigenvalue weighted by molar-refractivity contribution is -0.137. The summed E-state index contributed by atoms with van der Waals surface area (Å²) in [5.41, 5.74) is 5.23. The average Bonchev–Trinajstić information content (AvgIpc) is 3.58. The molecule has 1 atom stereocenters. The van der Waals surface area contributed by atoms with E-state index in [-0.39, 0.29) is 47.9 Å². The van der Waals surface area contributed by atoms with Gasteiger partial charge in [0.15, 0.2) is 5.69 Å². The van der Waals surface area contributed by atoms with E-state index in [9.17, 15) is 22.8 Å². The molecule has 1 aromatic carbocycles. The molecule has 4 N–H and O–H groups in total. The van der Waals surface area contributed by atoms with Gasteiger partial charge in [-0.1, -0.05) is 51.0 Å². The van der Waals surface area contributed by atoms with Crippen molar-refractivity contribution in [3.05, 3.63) is 54.2 Å². The van der Waals surface area contributed by atoms with E-state index in [0.717, 1.165) is 51.0 Å². The van der Waals surface area contributed by atoms with Gasteiger partial charge >= 0.3 is 6.18 Å². The van der Waals surface area contributed by atoms with Gasteiger partial charge < -0.3 is 16.4 Å². The maximum Gasteiger partial charge on any atom is 0.417 e. The molecule has 1 aromatic heterocycles. The first-order valence-electron chi connectivity index (χ1n) is 14.3. The molecule has 40 heavy (non-hydrogen) atoms. The molecule has 0 aliphatic heterocycles. The van der Waals surface area contributed by atoms with Gasteiger partial charge in [0.1, 0.15) is 0 Å². The topological polar surface area (TPSA) is 102 Å². The molecule has 10 heteroatoms. The summed E-state index contributed by atoms with van der Waals surface area (Å²) < 4.78 is 42.8. The van der Waals surface area contributed by atoms with Crippen LogP contribution in [-0.2, 0) is 11.0 Å². The van der Waals surface area contributed by atoms with Crippen molar-refractivity contribution in [2.24, 2.45) is 5.73 Å². The van der Waals surface area contributed by atoms with Gasteiger partial charge in [-0.3, -0.25) is 14.3 Å². The largest absolute Gasteiger partial charge is 0.417 e. The minimum Gasteiger partial charge on any atom is -0.353 e. The maximum atomic E-state index is 13.7. The van der Waals surface area contributed by atoms with Crippen LogP contribution in [0.25, 0.3) is 11.3 Å². The van der Waals surface area contributed by atoms with E-state index in [1.54, 1.807) is 16.8 Å². The highest BCUT2D eigenvalue weighted by Crippen LogP contribution is 2.40. The smallest absolute Gasteiger partial charge is 0.353 e. The number of nitrogens with zero attached hydrogens (tertiary/aromatic N) is 2. The van der Waals surface area contributed by atoms with Crippen molar-refractivity contribution in [2.45, 2.75) is 103 Å². The quantitative estimate of drug-likeness (QED) is 0.307. The number of carbonyl (C=O) groups is 2. The second kappa shape index (κ2) is 16.2. The fourth-order valence-corrected chi connectivity index (χ4v) is 4.84. The first kappa shape index (κ1) is 33.1. The Morgan fingerprint density at radius 1 is 1.15 bits per heavy atom. The van der Waals surface area contributed by atoms with Crippen molar-refractivity contribution in [3.63, 3.8) is 0 Å². The van der Waals surface area contributed by atoms with Crippen LogP contribution < -0.4 is 16.4 Å². The molecule has 0 saturated heterocycles. The SMILES string of the molecule is C=CC.CC.NCCC(CC(=O)NC1CCC1)NC(=O)c1cc(-c2ccccc2C(F)(F)F)n(C2CCCC2)n1. The summed E-state index contributed by atoms with van der Waals surface area (Å²) in [7, 11) is 0. The third-order valence-corrected chi connectivity index (χ3v) is 6.90. The van der Waals surface area contributed by atoms with Crippen molar-refractivity contribution in [1.29, 1.82) is 0 Å².